The van der Waals surface area contributed by atoms with E-state index in [4.69, 9.17) is 0 Å². The predicted molar refractivity (Wildman–Crippen MR) is 110 cm³/mol. The number of nitrogens with zero attached hydrogens (tertiary/aromatic N) is 4. The molecule has 13 heteroatoms. The van der Waals surface area contributed by atoms with E-state index >= 15 is 0 Å². The number of aromatic amines is 1. The molecule has 0 saturated heterocycles. The molecule has 2 aromatic heterocycles. The molecule has 0 spiro atoms. The monoisotopic (exact) mass is 492 g/mol. The highest BCUT2D eigenvalue weighted by Crippen LogP contribution is 2.36. The van der Waals surface area contributed by atoms with Crippen LogP contribution < -0.4 is 5.32 Å². The van der Waals surface area contributed by atoms with Crippen molar-refractivity contribution in [1.29, 1.82) is 0 Å². The highest BCUT2D eigenvalue weighted by Gasteiger charge is 2.37. The molecule has 1 atom stereocenters. The lowest BCUT2D eigenvalue weighted by molar-refractivity contribution is -0.139. The fourth-order valence-electron chi connectivity index (χ4n) is 3.33. The zero-order chi connectivity index (χ0) is 25.2. The fourth-order valence-corrected chi connectivity index (χ4v) is 3.33. The van der Waals surface area contributed by atoms with Crippen LogP contribution in [0.2, 0.25) is 0 Å². The Hall–Kier alpha value is -4.29. The molecule has 0 aliphatic rings. The molecule has 1 unspecified atom stereocenters. The molecular weight excluding hydrogens is 478 g/mol. The first kappa shape index (κ1) is 23.9. The molecule has 0 aliphatic heterocycles. The smallest absolute Gasteiger partial charge is 0.340 e. The molecule has 2 aromatic carbocycles. The molecule has 4 aromatic rings. The minimum atomic E-state index is -4.81. The number of tetrazole rings is 1. The van der Waals surface area contributed by atoms with Crippen LogP contribution in [0.1, 0.15) is 38.8 Å². The standard InChI is InChI=1S/C22H14F6N6O/c23-21(24,25)15-9-7-12(8-10-15)17(18-16(22(26,27)28)2-1-11-29-18)30-20(35)14-5-3-13(4-6-14)19-31-33-34-32-19/h1-11,17H,(H,30,35)(H,31,32,33,34). The molecule has 0 fully saturated rings. The Balaban J connectivity index is 1.70. The Bertz CT molecular complexity index is 1300. The number of aromatic nitrogens is 5. The van der Waals surface area contributed by atoms with Gasteiger partial charge < -0.3 is 5.32 Å². The van der Waals surface area contributed by atoms with Crippen LogP contribution in [0.3, 0.4) is 0 Å². The van der Waals surface area contributed by atoms with E-state index in [1.165, 1.54) is 24.3 Å². The Labute approximate surface area is 193 Å². The zero-order valence-corrected chi connectivity index (χ0v) is 17.4. The number of carbonyl (C=O) groups is 1. The predicted octanol–water partition coefficient (Wildman–Crippen LogP) is 4.82. The number of benzene rings is 2. The highest BCUT2D eigenvalue weighted by molar-refractivity contribution is 5.95. The van der Waals surface area contributed by atoms with Crippen LogP contribution in [0.4, 0.5) is 26.3 Å². The molecular formula is C22H14F6N6O. The number of nitrogens with one attached hydrogen (secondary N) is 2. The number of hydrogen-bond acceptors (Lipinski definition) is 5. The van der Waals surface area contributed by atoms with Crippen molar-refractivity contribution in [3.05, 3.63) is 94.8 Å². The summed E-state index contributed by atoms with van der Waals surface area (Å²) < 4.78 is 79.9. The summed E-state index contributed by atoms with van der Waals surface area (Å²) in [6.07, 6.45) is -8.35. The van der Waals surface area contributed by atoms with E-state index < -0.39 is 41.1 Å². The van der Waals surface area contributed by atoms with Gasteiger partial charge in [0.2, 0.25) is 5.82 Å². The van der Waals surface area contributed by atoms with Gasteiger partial charge in [-0.3, -0.25) is 9.78 Å². The number of hydrogen-bond donors (Lipinski definition) is 2. The van der Waals surface area contributed by atoms with Crippen molar-refractivity contribution in [2.24, 2.45) is 0 Å². The van der Waals surface area contributed by atoms with E-state index in [-0.39, 0.29) is 17.0 Å². The Morgan fingerprint density at radius 3 is 2.14 bits per heavy atom. The van der Waals surface area contributed by atoms with Gasteiger partial charge in [-0.25, -0.2) is 0 Å². The Morgan fingerprint density at radius 1 is 0.886 bits per heavy atom. The quantitative estimate of drug-likeness (QED) is 0.390. The van der Waals surface area contributed by atoms with Crippen LogP contribution in [-0.2, 0) is 12.4 Å². The van der Waals surface area contributed by atoms with E-state index in [2.05, 4.69) is 30.9 Å². The fraction of sp³-hybridized carbons (Fsp3) is 0.136. The summed E-state index contributed by atoms with van der Waals surface area (Å²) in [6.45, 7) is 0. The third-order valence-corrected chi connectivity index (χ3v) is 5.01. The van der Waals surface area contributed by atoms with Crippen molar-refractivity contribution >= 4 is 5.91 Å². The summed E-state index contributed by atoms with van der Waals surface area (Å²) in [4.78, 5) is 16.7. The lowest BCUT2D eigenvalue weighted by Gasteiger charge is -2.23. The molecule has 7 nitrogen and oxygen atoms in total. The second-order valence-corrected chi connectivity index (χ2v) is 7.27. The SMILES string of the molecule is O=C(NC(c1ccc(C(F)(F)F)cc1)c1ncccc1C(F)(F)F)c1ccc(-c2nn[nH]n2)cc1. The molecule has 4 rings (SSSR count). The molecule has 0 bridgehead atoms. The van der Waals surface area contributed by atoms with E-state index in [1.807, 2.05) is 0 Å². The van der Waals surface area contributed by atoms with Gasteiger partial charge in [0.15, 0.2) is 0 Å². The van der Waals surface area contributed by atoms with Gasteiger partial charge in [-0.05, 0) is 47.2 Å². The Morgan fingerprint density at radius 2 is 1.57 bits per heavy atom. The van der Waals surface area contributed by atoms with Gasteiger partial charge in [-0.1, -0.05) is 24.3 Å². The van der Waals surface area contributed by atoms with Gasteiger partial charge in [0.25, 0.3) is 5.91 Å². The third-order valence-electron chi connectivity index (χ3n) is 5.01. The number of amides is 1. The maximum Gasteiger partial charge on any atom is 0.418 e. The summed E-state index contributed by atoms with van der Waals surface area (Å²) in [5, 5.41) is 15.8. The largest absolute Gasteiger partial charge is 0.418 e. The van der Waals surface area contributed by atoms with Gasteiger partial charge in [-0.2, -0.15) is 31.6 Å². The summed E-state index contributed by atoms with van der Waals surface area (Å²) >= 11 is 0. The molecule has 1 amide bonds. The van der Waals surface area contributed by atoms with Gasteiger partial charge in [-0.15, -0.1) is 10.2 Å². The summed E-state index contributed by atoms with van der Waals surface area (Å²) in [7, 11) is 0. The van der Waals surface area contributed by atoms with Crippen molar-refractivity contribution < 1.29 is 31.1 Å². The van der Waals surface area contributed by atoms with Gasteiger partial charge in [0.1, 0.15) is 0 Å². The van der Waals surface area contributed by atoms with E-state index in [1.54, 1.807) is 0 Å². The minimum absolute atomic E-state index is 0.0148. The maximum atomic E-state index is 13.7. The molecule has 0 saturated carbocycles. The van der Waals surface area contributed by atoms with Crippen LogP contribution in [0.5, 0.6) is 0 Å². The summed E-state index contributed by atoms with van der Waals surface area (Å²) in [6, 6.07) is 9.64. The van der Waals surface area contributed by atoms with E-state index in [0.29, 0.717) is 5.56 Å². The lowest BCUT2D eigenvalue weighted by Crippen LogP contribution is -2.31. The lowest BCUT2D eigenvalue weighted by atomic mass is 9.97. The number of alkyl halides is 6. The summed E-state index contributed by atoms with van der Waals surface area (Å²) in [5.41, 5.74) is -2.08. The molecule has 0 radical (unpaired) electrons. The number of rotatable bonds is 5. The summed E-state index contributed by atoms with van der Waals surface area (Å²) in [5.74, 6) is -0.503. The van der Waals surface area contributed by atoms with Crippen molar-refractivity contribution in [3.8, 4) is 11.4 Å². The van der Waals surface area contributed by atoms with Crippen LogP contribution >= 0.6 is 0 Å². The highest BCUT2D eigenvalue weighted by atomic mass is 19.4. The zero-order valence-electron chi connectivity index (χ0n) is 17.4. The van der Waals surface area contributed by atoms with E-state index in [9.17, 15) is 31.1 Å². The van der Waals surface area contributed by atoms with Gasteiger partial charge >= 0.3 is 12.4 Å². The van der Waals surface area contributed by atoms with Gasteiger partial charge in [0.05, 0.1) is 22.9 Å². The van der Waals surface area contributed by atoms with Crippen molar-refractivity contribution in [1.82, 2.24) is 30.9 Å². The van der Waals surface area contributed by atoms with E-state index in [0.717, 1.165) is 42.6 Å². The average Bonchev–Trinajstić information content (AvgIpc) is 3.37. The average molecular weight is 492 g/mol. The van der Waals surface area contributed by atoms with Crippen LogP contribution in [-0.4, -0.2) is 31.5 Å². The molecule has 35 heavy (non-hydrogen) atoms. The Kier molecular flexibility index (Phi) is 6.24. The maximum absolute atomic E-state index is 13.7. The van der Waals surface area contributed by atoms with Crippen LogP contribution in [0.25, 0.3) is 11.4 Å². The van der Waals surface area contributed by atoms with Crippen LogP contribution in [0.15, 0.2) is 66.9 Å². The third kappa shape index (κ3) is 5.28. The number of halogens is 6. The second kappa shape index (κ2) is 9.16. The first-order valence-corrected chi connectivity index (χ1v) is 9.88. The van der Waals surface area contributed by atoms with Crippen molar-refractivity contribution in [3.63, 3.8) is 0 Å². The first-order valence-electron chi connectivity index (χ1n) is 9.88. The normalized spacial score (nSPS) is 12.9. The molecule has 2 heterocycles. The second-order valence-electron chi connectivity index (χ2n) is 7.27. The first-order chi connectivity index (χ1) is 16.5. The van der Waals surface area contributed by atoms with Crippen molar-refractivity contribution in [2.75, 3.05) is 0 Å². The van der Waals surface area contributed by atoms with Crippen molar-refractivity contribution in [2.45, 2.75) is 18.4 Å². The molecule has 2 N–H and O–H groups in total. The topological polar surface area (TPSA) is 96.5 Å². The minimum Gasteiger partial charge on any atom is -0.340 e. The number of pyridine rings is 1. The molecule has 0 aliphatic carbocycles. The van der Waals surface area contributed by atoms with Gasteiger partial charge in [0, 0.05) is 17.3 Å². The molecule has 180 valence electrons. The number of H-pyrrole nitrogens is 1. The number of carbonyl (C=O) groups excluding carboxylic acids is 1. The van der Waals surface area contributed by atoms with Crippen LogP contribution in [0, 0.1) is 0 Å².